The van der Waals surface area contributed by atoms with Crippen molar-refractivity contribution in [2.45, 2.75) is 0 Å². The normalized spacial score (nSPS) is 15.1. The van der Waals surface area contributed by atoms with Gasteiger partial charge in [-0.3, -0.25) is 4.40 Å². The van der Waals surface area contributed by atoms with E-state index in [1.807, 2.05) is 24.4 Å². The summed E-state index contributed by atoms with van der Waals surface area (Å²) < 4.78 is 12.8. The van der Waals surface area contributed by atoms with Crippen molar-refractivity contribution in [2.24, 2.45) is 0 Å². The Balaban J connectivity index is 1.83. The number of rotatable bonds is 3. The van der Waals surface area contributed by atoms with Crippen LogP contribution in [-0.4, -0.2) is 47.8 Å². The summed E-state index contributed by atoms with van der Waals surface area (Å²) in [7, 11) is 1.67. The molecule has 6 heteroatoms. The minimum absolute atomic E-state index is 0.708. The smallest absolute Gasteiger partial charge is 0.235 e. The minimum Gasteiger partial charge on any atom is -0.497 e. The summed E-state index contributed by atoms with van der Waals surface area (Å²) in [5.41, 5.74) is 2.17. The summed E-state index contributed by atoms with van der Waals surface area (Å²) in [6, 6.07) is 10.0. The summed E-state index contributed by atoms with van der Waals surface area (Å²) in [5.74, 6) is 2.61. The predicted octanol–water partition coefficient (Wildman–Crippen LogP) is 2.24. The highest BCUT2D eigenvalue weighted by Crippen LogP contribution is 2.27. The van der Waals surface area contributed by atoms with Crippen molar-refractivity contribution in [3.8, 4) is 17.0 Å². The number of ether oxygens (including phenoxy) is 2. The predicted molar refractivity (Wildman–Crippen MR) is 88.0 cm³/mol. The Hall–Kier alpha value is -2.60. The lowest BCUT2D eigenvalue weighted by molar-refractivity contribution is 0.122. The van der Waals surface area contributed by atoms with Crippen molar-refractivity contribution in [1.82, 2.24) is 14.4 Å². The van der Waals surface area contributed by atoms with E-state index in [-0.39, 0.29) is 0 Å². The minimum atomic E-state index is 0.708. The molecule has 1 aliphatic rings. The molecular formula is C17H18N4O2. The number of hydrogen-bond acceptors (Lipinski definition) is 5. The van der Waals surface area contributed by atoms with E-state index in [0.29, 0.717) is 5.78 Å². The molecule has 0 radical (unpaired) electrons. The molecule has 0 N–H and O–H groups in total. The Morgan fingerprint density at radius 3 is 2.57 bits per heavy atom. The molecule has 2 aromatic heterocycles. The third-order valence-corrected chi connectivity index (χ3v) is 4.11. The molecule has 3 heterocycles. The molecule has 0 unspecified atom stereocenters. The second-order valence-electron chi connectivity index (χ2n) is 5.41. The third kappa shape index (κ3) is 2.51. The molecule has 23 heavy (non-hydrogen) atoms. The van der Waals surface area contributed by atoms with Crippen molar-refractivity contribution in [2.75, 3.05) is 38.3 Å². The van der Waals surface area contributed by atoms with Gasteiger partial charge in [-0.1, -0.05) is 0 Å². The Kier molecular flexibility index (Phi) is 3.59. The number of nitrogens with zero attached hydrogens (tertiary/aromatic N) is 4. The van der Waals surface area contributed by atoms with Gasteiger partial charge in [-0.2, -0.15) is 0 Å². The number of imidazole rings is 1. The molecule has 0 aliphatic carbocycles. The summed E-state index contributed by atoms with van der Waals surface area (Å²) in [6.45, 7) is 3.21. The lowest BCUT2D eigenvalue weighted by atomic mass is 10.1. The summed E-state index contributed by atoms with van der Waals surface area (Å²) in [4.78, 5) is 11.1. The van der Waals surface area contributed by atoms with Gasteiger partial charge in [0.15, 0.2) is 0 Å². The monoisotopic (exact) mass is 310 g/mol. The van der Waals surface area contributed by atoms with Crippen LogP contribution in [0.5, 0.6) is 5.75 Å². The SMILES string of the molecule is COc1ccc(-c2ccnc3ncc(N4CCOCC4)n23)cc1. The van der Waals surface area contributed by atoms with Crippen LogP contribution in [0.4, 0.5) is 5.82 Å². The molecule has 0 bridgehead atoms. The second kappa shape index (κ2) is 5.89. The van der Waals surface area contributed by atoms with E-state index in [4.69, 9.17) is 9.47 Å². The number of benzene rings is 1. The fourth-order valence-electron chi connectivity index (χ4n) is 2.91. The maximum absolute atomic E-state index is 5.45. The Labute approximate surface area is 134 Å². The number of fused-ring (bicyclic) bond motifs is 1. The highest BCUT2D eigenvalue weighted by molar-refractivity contribution is 5.66. The molecule has 1 saturated heterocycles. The average Bonchev–Trinajstić information content (AvgIpc) is 3.07. The topological polar surface area (TPSA) is 51.9 Å². The molecule has 0 saturated carbocycles. The second-order valence-corrected chi connectivity index (χ2v) is 5.41. The van der Waals surface area contributed by atoms with Crippen LogP contribution in [0, 0.1) is 0 Å². The van der Waals surface area contributed by atoms with Crippen molar-refractivity contribution in [3.63, 3.8) is 0 Å². The van der Waals surface area contributed by atoms with Crippen molar-refractivity contribution in [3.05, 3.63) is 42.7 Å². The van der Waals surface area contributed by atoms with E-state index in [1.54, 1.807) is 13.3 Å². The molecule has 3 aromatic rings. The Morgan fingerprint density at radius 2 is 1.83 bits per heavy atom. The van der Waals surface area contributed by atoms with Crippen molar-refractivity contribution in [1.29, 1.82) is 0 Å². The molecule has 1 aromatic carbocycles. The van der Waals surface area contributed by atoms with Crippen LogP contribution in [0.3, 0.4) is 0 Å². The molecular weight excluding hydrogens is 292 g/mol. The van der Waals surface area contributed by atoms with Gasteiger partial charge in [0.1, 0.15) is 11.6 Å². The van der Waals surface area contributed by atoms with Gasteiger partial charge in [-0.15, -0.1) is 0 Å². The maximum Gasteiger partial charge on any atom is 0.235 e. The van der Waals surface area contributed by atoms with Gasteiger partial charge < -0.3 is 14.4 Å². The van der Waals surface area contributed by atoms with E-state index >= 15 is 0 Å². The van der Waals surface area contributed by atoms with Crippen molar-refractivity contribution >= 4 is 11.6 Å². The van der Waals surface area contributed by atoms with E-state index in [1.165, 1.54) is 0 Å². The number of morpholine rings is 1. The van der Waals surface area contributed by atoms with E-state index in [2.05, 4.69) is 31.4 Å². The number of aromatic nitrogens is 3. The quantitative estimate of drug-likeness (QED) is 0.742. The first kappa shape index (κ1) is 14.0. The molecule has 0 spiro atoms. The van der Waals surface area contributed by atoms with Gasteiger partial charge in [0.2, 0.25) is 5.78 Å². The highest BCUT2D eigenvalue weighted by atomic mass is 16.5. The zero-order valence-corrected chi connectivity index (χ0v) is 13.0. The van der Waals surface area contributed by atoms with Gasteiger partial charge in [0.25, 0.3) is 0 Å². The van der Waals surface area contributed by atoms with Crippen LogP contribution >= 0.6 is 0 Å². The van der Waals surface area contributed by atoms with Gasteiger partial charge >= 0.3 is 0 Å². The highest BCUT2D eigenvalue weighted by Gasteiger charge is 2.18. The first-order valence-electron chi connectivity index (χ1n) is 7.66. The number of hydrogen-bond donors (Lipinski definition) is 0. The van der Waals surface area contributed by atoms with Crippen LogP contribution in [-0.2, 0) is 4.74 Å². The fourth-order valence-corrected chi connectivity index (χ4v) is 2.91. The van der Waals surface area contributed by atoms with E-state index in [0.717, 1.165) is 49.1 Å². The third-order valence-electron chi connectivity index (χ3n) is 4.11. The molecule has 4 rings (SSSR count). The summed E-state index contributed by atoms with van der Waals surface area (Å²) >= 11 is 0. The Morgan fingerprint density at radius 1 is 1.04 bits per heavy atom. The van der Waals surface area contributed by atoms with Crippen LogP contribution in [0.1, 0.15) is 0 Å². The van der Waals surface area contributed by atoms with Crippen molar-refractivity contribution < 1.29 is 9.47 Å². The van der Waals surface area contributed by atoms with Crippen LogP contribution in [0.25, 0.3) is 17.0 Å². The van der Waals surface area contributed by atoms with Crippen LogP contribution < -0.4 is 9.64 Å². The lowest BCUT2D eigenvalue weighted by Crippen LogP contribution is -2.37. The molecule has 118 valence electrons. The van der Waals surface area contributed by atoms with Crippen LogP contribution in [0.2, 0.25) is 0 Å². The standard InChI is InChI=1S/C17H18N4O2/c1-22-14-4-2-13(3-5-14)15-6-7-18-17-19-12-16(21(15)17)20-8-10-23-11-9-20/h2-7,12H,8-11H2,1H3. The maximum atomic E-state index is 5.45. The number of methoxy groups -OCH3 is 1. The van der Waals surface area contributed by atoms with Crippen LogP contribution in [0.15, 0.2) is 42.7 Å². The molecule has 1 fully saturated rings. The first-order chi connectivity index (χ1) is 11.4. The summed E-state index contributed by atoms with van der Waals surface area (Å²) in [6.07, 6.45) is 3.69. The lowest BCUT2D eigenvalue weighted by Gasteiger charge is -2.28. The molecule has 6 nitrogen and oxygen atoms in total. The van der Waals surface area contributed by atoms with E-state index in [9.17, 15) is 0 Å². The first-order valence-corrected chi connectivity index (χ1v) is 7.66. The van der Waals surface area contributed by atoms with Gasteiger partial charge in [0.05, 0.1) is 32.2 Å². The molecule has 0 amide bonds. The molecule has 0 atom stereocenters. The largest absolute Gasteiger partial charge is 0.497 e. The zero-order chi connectivity index (χ0) is 15.6. The average molecular weight is 310 g/mol. The summed E-state index contributed by atoms with van der Waals surface area (Å²) in [5, 5.41) is 0. The van der Waals surface area contributed by atoms with Gasteiger partial charge in [-0.05, 0) is 35.9 Å². The zero-order valence-electron chi connectivity index (χ0n) is 13.0. The number of anilines is 1. The van der Waals surface area contributed by atoms with Gasteiger partial charge in [-0.25, -0.2) is 9.97 Å². The van der Waals surface area contributed by atoms with Gasteiger partial charge in [0, 0.05) is 19.3 Å². The molecule has 1 aliphatic heterocycles. The fraction of sp³-hybridized carbons (Fsp3) is 0.294. The van der Waals surface area contributed by atoms with E-state index < -0.39 is 0 Å². The Bertz CT molecular complexity index is 807.